The lowest BCUT2D eigenvalue weighted by molar-refractivity contribution is 0.0677. The quantitative estimate of drug-likeness (QED) is 0.863. The van der Waals surface area contributed by atoms with E-state index in [0.717, 1.165) is 47.4 Å². The summed E-state index contributed by atoms with van der Waals surface area (Å²) in [7, 11) is 4.16. The Hall–Kier alpha value is -1.52. The molecule has 0 N–H and O–H groups in total. The second-order valence-electron chi connectivity index (χ2n) is 6.37. The van der Waals surface area contributed by atoms with Gasteiger partial charge in [-0.05, 0) is 43.1 Å². The molecule has 1 atom stereocenters. The number of likely N-dealkylation sites (N-methyl/N-ethyl adjacent to an activating group) is 1. The highest BCUT2D eigenvalue weighted by Crippen LogP contribution is 2.24. The molecule has 0 saturated carbocycles. The highest BCUT2D eigenvalue weighted by Gasteiger charge is 2.27. The average Bonchev–Trinajstić information content (AvgIpc) is 2.78. The van der Waals surface area contributed by atoms with Crippen molar-refractivity contribution >= 4 is 28.4 Å². The van der Waals surface area contributed by atoms with Crippen LogP contribution in [0.25, 0.3) is 10.8 Å². The molecule has 0 spiro atoms. The Labute approximate surface area is 142 Å². The van der Waals surface area contributed by atoms with Crippen LogP contribution in [0.3, 0.4) is 0 Å². The maximum Gasteiger partial charge on any atom is 0.254 e. The van der Waals surface area contributed by atoms with E-state index in [1.807, 2.05) is 36.0 Å². The molecule has 1 saturated heterocycles. The molecule has 0 aliphatic carbocycles. The molecule has 0 radical (unpaired) electrons. The number of fused-ring (bicyclic) bond motifs is 1. The number of nitrogens with zero attached hydrogens (tertiary/aromatic N) is 2. The summed E-state index contributed by atoms with van der Waals surface area (Å²) in [4.78, 5) is 17.5. The highest BCUT2D eigenvalue weighted by atomic mass is 32.2. The molecule has 4 heteroatoms. The molecule has 1 fully saturated rings. The number of carbonyl (C=O) groups excluding carboxylic acids is 1. The van der Waals surface area contributed by atoms with Gasteiger partial charge < -0.3 is 9.80 Å². The number of amides is 1. The summed E-state index contributed by atoms with van der Waals surface area (Å²) >= 11 is 1.97. The fraction of sp³-hybridized carbons (Fsp3) is 0.421. The highest BCUT2D eigenvalue weighted by molar-refractivity contribution is 7.99. The minimum absolute atomic E-state index is 0.177. The summed E-state index contributed by atoms with van der Waals surface area (Å²) in [6.07, 6.45) is 1.07. The maximum atomic E-state index is 13.3. The number of hydrogen-bond donors (Lipinski definition) is 0. The maximum absolute atomic E-state index is 13.3. The smallest absolute Gasteiger partial charge is 0.254 e. The van der Waals surface area contributed by atoms with Gasteiger partial charge in [-0.25, -0.2) is 0 Å². The molecule has 0 bridgehead atoms. The minimum atomic E-state index is 0.177. The van der Waals surface area contributed by atoms with Crippen LogP contribution in [0.5, 0.6) is 0 Å². The summed E-state index contributed by atoms with van der Waals surface area (Å²) in [5.74, 6) is 2.34. The number of thioether (sulfide) groups is 1. The van der Waals surface area contributed by atoms with Gasteiger partial charge in [0.2, 0.25) is 0 Å². The minimum Gasteiger partial charge on any atom is -0.333 e. The standard InChI is InChI=1S/C19H24N2OS/c1-20(2)13-16-14-23-12-6-11-21(16)19(22)18-10-5-8-15-7-3-4-9-17(15)18/h3-5,7-10,16H,6,11-14H2,1-2H3/t16-/m1/s1. The van der Waals surface area contributed by atoms with Crippen LogP contribution in [0, 0.1) is 0 Å². The zero-order valence-corrected chi connectivity index (χ0v) is 14.7. The van der Waals surface area contributed by atoms with Crippen molar-refractivity contribution in [1.82, 2.24) is 9.80 Å². The Morgan fingerprint density at radius 2 is 2.00 bits per heavy atom. The molecule has 2 aromatic rings. The lowest BCUT2D eigenvalue weighted by atomic mass is 10.0. The van der Waals surface area contributed by atoms with Gasteiger partial charge in [0.05, 0.1) is 6.04 Å². The number of carbonyl (C=O) groups is 1. The molecular formula is C19H24N2OS. The second-order valence-corrected chi connectivity index (χ2v) is 7.52. The van der Waals surface area contributed by atoms with Crippen LogP contribution < -0.4 is 0 Å². The zero-order chi connectivity index (χ0) is 16.2. The third-order valence-corrected chi connectivity index (χ3v) is 5.49. The molecule has 0 aromatic heterocycles. The molecule has 1 aliphatic rings. The van der Waals surface area contributed by atoms with E-state index in [4.69, 9.17) is 0 Å². The lowest BCUT2D eigenvalue weighted by Crippen LogP contribution is -2.46. The van der Waals surface area contributed by atoms with E-state index in [2.05, 4.69) is 42.1 Å². The van der Waals surface area contributed by atoms with E-state index in [9.17, 15) is 4.79 Å². The first kappa shape index (κ1) is 16.3. The van der Waals surface area contributed by atoms with Crippen LogP contribution in [0.15, 0.2) is 42.5 Å². The van der Waals surface area contributed by atoms with Gasteiger partial charge in [0.1, 0.15) is 0 Å². The first-order valence-corrected chi connectivity index (χ1v) is 9.33. The molecule has 2 aromatic carbocycles. The van der Waals surface area contributed by atoms with E-state index in [1.165, 1.54) is 0 Å². The van der Waals surface area contributed by atoms with Gasteiger partial charge in [-0.3, -0.25) is 4.79 Å². The van der Waals surface area contributed by atoms with E-state index >= 15 is 0 Å². The van der Waals surface area contributed by atoms with Crippen molar-refractivity contribution in [1.29, 1.82) is 0 Å². The number of benzene rings is 2. The van der Waals surface area contributed by atoms with Crippen LogP contribution in [0.1, 0.15) is 16.8 Å². The van der Waals surface area contributed by atoms with E-state index in [0.29, 0.717) is 0 Å². The first-order chi connectivity index (χ1) is 11.2. The number of hydrogen-bond acceptors (Lipinski definition) is 3. The van der Waals surface area contributed by atoms with Crippen molar-refractivity contribution < 1.29 is 4.79 Å². The van der Waals surface area contributed by atoms with E-state index in [-0.39, 0.29) is 11.9 Å². The summed E-state index contributed by atoms with van der Waals surface area (Å²) in [6, 6.07) is 14.5. The van der Waals surface area contributed by atoms with Gasteiger partial charge in [-0.1, -0.05) is 36.4 Å². The van der Waals surface area contributed by atoms with Crippen LogP contribution in [-0.4, -0.2) is 60.4 Å². The van der Waals surface area contributed by atoms with Crippen molar-refractivity contribution in [3.05, 3.63) is 48.0 Å². The topological polar surface area (TPSA) is 23.6 Å². The Bertz CT molecular complexity index is 681. The fourth-order valence-electron chi connectivity index (χ4n) is 3.24. The van der Waals surface area contributed by atoms with Crippen LogP contribution in [0.4, 0.5) is 0 Å². The van der Waals surface area contributed by atoms with E-state index in [1.54, 1.807) is 0 Å². The molecule has 1 heterocycles. The van der Waals surface area contributed by atoms with Gasteiger partial charge in [0, 0.05) is 24.4 Å². The van der Waals surface area contributed by atoms with Crippen molar-refractivity contribution in [2.24, 2.45) is 0 Å². The van der Waals surface area contributed by atoms with Gasteiger partial charge in [0.25, 0.3) is 5.91 Å². The summed E-state index contributed by atoms with van der Waals surface area (Å²) in [6.45, 7) is 1.77. The third kappa shape index (κ3) is 3.70. The SMILES string of the molecule is CN(C)C[C@@H]1CSCCCN1C(=O)c1cccc2ccccc12. The Morgan fingerprint density at radius 3 is 2.83 bits per heavy atom. The van der Waals surface area contributed by atoms with Crippen molar-refractivity contribution in [3.63, 3.8) is 0 Å². The van der Waals surface area contributed by atoms with Crippen molar-refractivity contribution in [2.45, 2.75) is 12.5 Å². The molecule has 1 amide bonds. The fourth-order valence-corrected chi connectivity index (χ4v) is 4.29. The molecular weight excluding hydrogens is 304 g/mol. The predicted octanol–water partition coefficient (Wildman–Crippen LogP) is 3.35. The summed E-state index contributed by atoms with van der Waals surface area (Å²) in [5, 5.41) is 2.19. The molecule has 3 nitrogen and oxygen atoms in total. The van der Waals surface area contributed by atoms with Crippen LogP contribution >= 0.6 is 11.8 Å². The number of rotatable bonds is 3. The second kappa shape index (κ2) is 7.37. The van der Waals surface area contributed by atoms with E-state index < -0.39 is 0 Å². The van der Waals surface area contributed by atoms with Crippen LogP contribution in [0.2, 0.25) is 0 Å². The Morgan fingerprint density at radius 1 is 1.22 bits per heavy atom. The Kier molecular flexibility index (Phi) is 5.23. The molecule has 0 unspecified atom stereocenters. The molecule has 1 aliphatic heterocycles. The van der Waals surface area contributed by atoms with Crippen molar-refractivity contribution in [2.75, 3.05) is 38.7 Å². The largest absolute Gasteiger partial charge is 0.333 e. The van der Waals surface area contributed by atoms with Gasteiger partial charge >= 0.3 is 0 Å². The summed E-state index contributed by atoms with van der Waals surface area (Å²) in [5.41, 5.74) is 0.832. The normalized spacial score (nSPS) is 19.1. The van der Waals surface area contributed by atoms with Crippen LogP contribution in [-0.2, 0) is 0 Å². The van der Waals surface area contributed by atoms with Gasteiger partial charge in [0.15, 0.2) is 0 Å². The molecule has 23 heavy (non-hydrogen) atoms. The Balaban J connectivity index is 1.95. The lowest BCUT2D eigenvalue weighted by Gasteiger charge is -2.32. The summed E-state index contributed by atoms with van der Waals surface area (Å²) < 4.78 is 0. The zero-order valence-electron chi connectivity index (χ0n) is 13.9. The molecule has 3 rings (SSSR count). The van der Waals surface area contributed by atoms with Gasteiger partial charge in [-0.2, -0.15) is 11.8 Å². The predicted molar refractivity (Wildman–Crippen MR) is 99.3 cm³/mol. The third-order valence-electron chi connectivity index (χ3n) is 4.30. The van der Waals surface area contributed by atoms with Gasteiger partial charge in [-0.15, -0.1) is 0 Å². The monoisotopic (exact) mass is 328 g/mol. The molecule has 122 valence electrons. The van der Waals surface area contributed by atoms with Crippen molar-refractivity contribution in [3.8, 4) is 0 Å². The average molecular weight is 328 g/mol. The first-order valence-electron chi connectivity index (χ1n) is 8.18.